The van der Waals surface area contributed by atoms with Crippen LogP contribution < -0.4 is 19.9 Å². The van der Waals surface area contributed by atoms with Crippen molar-refractivity contribution >= 4 is 0 Å². The van der Waals surface area contributed by atoms with Crippen LogP contribution in [0.1, 0.15) is 11.1 Å². The first-order chi connectivity index (χ1) is 10.3. The van der Waals surface area contributed by atoms with Crippen LogP contribution in [0.3, 0.4) is 0 Å². The summed E-state index contributed by atoms with van der Waals surface area (Å²) in [5.74, 6) is 2.12. The molecule has 0 atom stereocenters. The SMILES string of the molecule is COc1cc(CCN)c(OCc2ccccc2)cc1OC. The molecular weight excluding hydrogens is 266 g/mol. The second kappa shape index (κ2) is 7.55. The van der Waals surface area contributed by atoms with Crippen LogP contribution in [0, 0.1) is 0 Å². The molecule has 0 saturated carbocycles. The Morgan fingerprint density at radius 2 is 1.57 bits per heavy atom. The summed E-state index contributed by atoms with van der Waals surface area (Å²) in [5.41, 5.74) is 7.81. The quantitative estimate of drug-likeness (QED) is 0.851. The first-order valence-electron chi connectivity index (χ1n) is 6.90. The normalized spacial score (nSPS) is 10.2. The van der Waals surface area contributed by atoms with Gasteiger partial charge in [-0.25, -0.2) is 0 Å². The fourth-order valence-corrected chi connectivity index (χ4v) is 2.12. The van der Waals surface area contributed by atoms with Crippen LogP contribution in [0.5, 0.6) is 17.2 Å². The molecule has 112 valence electrons. The van der Waals surface area contributed by atoms with Crippen LogP contribution in [-0.2, 0) is 13.0 Å². The maximum absolute atomic E-state index is 5.93. The van der Waals surface area contributed by atoms with Gasteiger partial charge in [0.2, 0.25) is 0 Å². The molecule has 0 aromatic heterocycles. The first-order valence-corrected chi connectivity index (χ1v) is 6.90. The van der Waals surface area contributed by atoms with Crippen molar-refractivity contribution in [3.8, 4) is 17.2 Å². The largest absolute Gasteiger partial charge is 0.493 e. The topological polar surface area (TPSA) is 53.7 Å². The molecule has 0 bridgehead atoms. The van der Waals surface area contributed by atoms with E-state index in [-0.39, 0.29) is 0 Å². The highest BCUT2D eigenvalue weighted by Crippen LogP contribution is 2.35. The second-order valence-electron chi connectivity index (χ2n) is 4.63. The molecule has 21 heavy (non-hydrogen) atoms. The van der Waals surface area contributed by atoms with Crippen LogP contribution in [0.25, 0.3) is 0 Å². The fourth-order valence-electron chi connectivity index (χ4n) is 2.12. The Morgan fingerprint density at radius 3 is 2.19 bits per heavy atom. The molecule has 0 fully saturated rings. The monoisotopic (exact) mass is 287 g/mol. The highest BCUT2D eigenvalue weighted by atomic mass is 16.5. The number of ether oxygens (including phenoxy) is 3. The average Bonchev–Trinajstić information content (AvgIpc) is 2.54. The third kappa shape index (κ3) is 3.89. The summed E-state index contributed by atoms with van der Waals surface area (Å²) in [5, 5.41) is 0. The lowest BCUT2D eigenvalue weighted by Crippen LogP contribution is -2.06. The smallest absolute Gasteiger partial charge is 0.164 e. The third-order valence-electron chi connectivity index (χ3n) is 3.22. The van der Waals surface area contributed by atoms with Gasteiger partial charge in [-0.2, -0.15) is 0 Å². The van der Waals surface area contributed by atoms with E-state index in [0.717, 1.165) is 23.3 Å². The van der Waals surface area contributed by atoms with Gasteiger partial charge in [0.05, 0.1) is 14.2 Å². The molecule has 2 rings (SSSR count). The van der Waals surface area contributed by atoms with E-state index in [0.29, 0.717) is 24.7 Å². The molecule has 4 heteroatoms. The maximum Gasteiger partial charge on any atom is 0.164 e. The zero-order valence-corrected chi connectivity index (χ0v) is 12.5. The molecule has 2 aromatic carbocycles. The summed E-state index contributed by atoms with van der Waals surface area (Å²) in [6, 6.07) is 13.8. The van der Waals surface area contributed by atoms with E-state index in [1.54, 1.807) is 14.2 Å². The molecule has 0 saturated heterocycles. The summed E-state index contributed by atoms with van der Waals surface area (Å²) in [6.45, 7) is 1.06. The summed E-state index contributed by atoms with van der Waals surface area (Å²) >= 11 is 0. The van der Waals surface area contributed by atoms with Gasteiger partial charge in [0, 0.05) is 6.07 Å². The van der Waals surface area contributed by atoms with Gasteiger partial charge in [0.1, 0.15) is 12.4 Å². The van der Waals surface area contributed by atoms with Crippen molar-refractivity contribution in [3.05, 3.63) is 53.6 Å². The van der Waals surface area contributed by atoms with Crippen molar-refractivity contribution < 1.29 is 14.2 Å². The molecule has 2 N–H and O–H groups in total. The standard InChI is InChI=1S/C17H21NO3/c1-19-16-10-14(8-9-18)15(11-17(16)20-2)21-12-13-6-4-3-5-7-13/h3-7,10-11H,8-9,12,18H2,1-2H3. The van der Waals surface area contributed by atoms with Crippen molar-refractivity contribution in [2.24, 2.45) is 5.73 Å². The fraction of sp³-hybridized carbons (Fsp3) is 0.294. The molecule has 0 aliphatic heterocycles. The van der Waals surface area contributed by atoms with E-state index in [4.69, 9.17) is 19.9 Å². The highest BCUT2D eigenvalue weighted by molar-refractivity contribution is 5.51. The lowest BCUT2D eigenvalue weighted by atomic mass is 10.1. The summed E-state index contributed by atoms with van der Waals surface area (Å²) < 4.78 is 16.6. The Morgan fingerprint density at radius 1 is 0.905 bits per heavy atom. The molecule has 2 aromatic rings. The van der Waals surface area contributed by atoms with Gasteiger partial charge < -0.3 is 19.9 Å². The van der Waals surface area contributed by atoms with Crippen molar-refractivity contribution in [2.75, 3.05) is 20.8 Å². The van der Waals surface area contributed by atoms with Crippen LogP contribution in [0.2, 0.25) is 0 Å². The van der Waals surface area contributed by atoms with Crippen molar-refractivity contribution in [1.82, 2.24) is 0 Å². The predicted molar refractivity (Wildman–Crippen MR) is 83.1 cm³/mol. The van der Waals surface area contributed by atoms with Crippen LogP contribution in [0.15, 0.2) is 42.5 Å². The Hall–Kier alpha value is -2.20. The van der Waals surface area contributed by atoms with E-state index < -0.39 is 0 Å². The minimum Gasteiger partial charge on any atom is -0.493 e. The molecule has 0 aliphatic rings. The van der Waals surface area contributed by atoms with Crippen LogP contribution in [0.4, 0.5) is 0 Å². The number of hydrogen-bond acceptors (Lipinski definition) is 4. The minimum atomic E-state index is 0.508. The van der Waals surface area contributed by atoms with Gasteiger partial charge in [-0.15, -0.1) is 0 Å². The van der Waals surface area contributed by atoms with Gasteiger partial charge in [-0.05, 0) is 30.2 Å². The third-order valence-corrected chi connectivity index (χ3v) is 3.22. The molecule has 0 spiro atoms. The van der Waals surface area contributed by atoms with Gasteiger partial charge in [0.15, 0.2) is 11.5 Å². The molecular formula is C17H21NO3. The molecule has 0 radical (unpaired) electrons. The van der Waals surface area contributed by atoms with E-state index >= 15 is 0 Å². The van der Waals surface area contributed by atoms with Gasteiger partial charge in [-0.1, -0.05) is 30.3 Å². The number of hydrogen-bond donors (Lipinski definition) is 1. The zero-order valence-electron chi connectivity index (χ0n) is 12.5. The van der Waals surface area contributed by atoms with Crippen LogP contribution in [-0.4, -0.2) is 20.8 Å². The van der Waals surface area contributed by atoms with Crippen molar-refractivity contribution in [3.63, 3.8) is 0 Å². The highest BCUT2D eigenvalue weighted by Gasteiger charge is 2.12. The van der Waals surface area contributed by atoms with Gasteiger partial charge >= 0.3 is 0 Å². The van der Waals surface area contributed by atoms with Gasteiger partial charge in [-0.3, -0.25) is 0 Å². The van der Waals surface area contributed by atoms with Crippen molar-refractivity contribution in [2.45, 2.75) is 13.0 Å². The first kappa shape index (κ1) is 15.2. The Kier molecular flexibility index (Phi) is 5.46. The van der Waals surface area contributed by atoms with E-state index in [9.17, 15) is 0 Å². The average molecular weight is 287 g/mol. The molecule has 4 nitrogen and oxygen atoms in total. The number of benzene rings is 2. The summed E-state index contributed by atoms with van der Waals surface area (Å²) in [7, 11) is 3.23. The van der Waals surface area contributed by atoms with Crippen molar-refractivity contribution in [1.29, 1.82) is 0 Å². The lowest BCUT2D eigenvalue weighted by Gasteiger charge is -2.15. The van der Waals surface area contributed by atoms with E-state index in [2.05, 4.69) is 0 Å². The zero-order chi connectivity index (χ0) is 15.1. The molecule has 0 unspecified atom stereocenters. The Bertz CT molecular complexity index is 570. The Balaban J connectivity index is 2.23. The van der Waals surface area contributed by atoms with Crippen LogP contribution >= 0.6 is 0 Å². The molecule has 0 amide bonds. The second-order valence-corrected chi connectivity index (χ2v) is 4.63. The minimum absolute atomic E-state index is 0.508. The lowest BCUT2D eigenvalue weighted by molar-refractivity contribution is 0.297. The number of rotatable bonds is 7. The van der Waals surface area contributed by atoms with E-state index in [1.807, 2.05) is 42.5 Å². The molecule has 0 heterocycles. The maximum atomic E-state index is 5.93. The number of nitrogens with two attached hydrogens (primary N) is 1. The van der Waals surface area contributed by atoms with Gasteiger partial charge in [0.25, 0.3) is 0 Å². The Labute approximate surface area is 125 Å². The summed E-state index contributed by atoms with van der Waals surface area (Å²) in [6.07, 6.45) is 0.727. The summed E-state index contributed by atoms with van der Waals surface area (Å²) in [4.78, 5) is 0. The van der Waals surface area contributed by atoms with E-state index in [1.165, 1.54) is 0 Å². The predicted octanol–water partition coefficient (Wildman–Crippen LogP) is 2.78. The molecule has 0 aliphatic carbocycles. The number of methoxy groups -OCH3 is 2.